The second-order valence-corrected chi connectivity index (χ2v) is 56.9. The fourth-order valence-electron chi connectivity index (χ4n) is 13.7. The topological polar surface area (TPSA) is 179 Å². The zero-order valence-corrected chi connectivity index (χ0v) is 65.9. The lowest BCUT2D eigenvalue weighted by Crippen LogP contribution is -2.34. The van der Waals surface area contributed by atoms with Gasteiger partial charge in [-0.15, -0.1) is 0 Å². The molecule has 22 heteroatoms. The predicted molar refractivity (Wildman–Crippen MR) is 398 cm³/mol. The molecule has 10 rings (SSSR count). The number of ether oxygens (including phenoxy) is 5. The van der Waals surface area contributed by atoms with Gasteiger partial charge in [-0.2, -0.15) is 19.2 Å². The first-order valence-corrected chi connectivity index (χ1v) is 50.8. The standard InChI is InChI=1S/C38H61N5O4Si2.C34H54BrN5O3Si2/c1-10-45-16-15-32-35(31-22-28-11-12-29(21-28)23-31)41-36-33(30-13-14-34(39-24-30)38(2,3)44)25-40-43(36)37(32)42(26-46-17-19-48(4,5)6)27-47-18-20-49(7,8)9;1-34(2,41)29-12-11-26(20-36-29)28-21-37-40-32(28)38-31(27-18-24-9-10-25(17-24)19-27)30(35)33(40)39(22-42-13-15-44(3,4)5)23-43-14-16-45(6,7)8/h13-16,24-25,28-29,31,44H,10-12,17-23,26-27H2,1-9H3;11-12,20-21,24-25,27,41H,9-10,13-19,22-23H2,1-8H3/b16-15-;/t28-,29+,31?;24-,25+,27?. The van der Waals surface area contributed by atoms with Crippen molar-refractivity contribution in [2.24, 2.45) is 23.7 Å². The number of aliphatic hydroxyl groups is 2. The van der Waals surface area contributed by atoms with Gasteiger partial charge in [0.25, 0.3) is 0 Å². The van der Waals surface area contributed by atoms with Crippen molar-refractivity contribution in [2.45, 2.75) is 225 Å². The van der Waals surface area contributed by atoms with E-state index in [-0.39, 0.29) is 0 Å². The molecule has 4 aliphatic rings. The van der Waals surface area contributed by atoms with E-state index in [1.807, 2.05) is 71.3 Å². The van der Waals surface area contributed by atoms with Gasteiger partial charge in [-0.25, -0.2) is 9.97 Å². The number of rotatable bonds is 31. The highest BCUT2D eigenvalue weighted by atomic mass is 79.9. The minimum atomic E-state index is -1.27. The number of fused-ring (bicyclic) bond motifs is 6. The zero-order valence-electron chi connectivity index (χ0n) is 60.3. The Morgan fingerprint density at radius 3 is 1.23 bits per heavy atom. The molecule has 0 aromatic carbocycles. The Morgan fingerprint density at radius 1 is 0.521 bits per heavy atom. The molecule has 0 aliphatic heterocycles. The molecule has 0 amide bonds. The van der Waals surface area contributed by atoms with Crippen LogP contribution in [0.1, 0.15) is 139 Å². The molecular formula is C72H115BrN10O7Si4. The van der Waals surface area contributed by atoms with Crippen LogP contribution in [0, 0.1) is 23.7 Å². The zero-order chi connectivity index (χ0) is 68.0. The molecule has 17 nitrogen and oxygen atoms in total. The third-order valence-electron chi connectivity index (χ3n) is 19.3. The van der Waals surface area contributed by atoms with Crippen LogP contribution in [-0.2, 0) is 34.9 Å². The van der Waals surface area contributed by atoms with Crippen molar-refractivity contribution in [3.63, 3.8) is 0 Å². The van der Waals surface area contributed by atoms with Gasteiger partial charge in [-0.05, 0) is 155 Å². The highest BCUT2D eigenvalue weighted by molar-refractivity contribution is 9.10. The molecular weight excluding hydrogens is 1310 g/mol. The summed E-state index contributed by atoms with van der Waals surface area (Å²) >= 11 is 4.07. The van der Waals surface area contributed by atoms with Gasteiger partial charge in [0.2, 0.25) is 0 Å². The van der Waals surface area contributed by atoms with Crippen molar-refractivity contribution in [2.75, 3.05) is 69.8 Å². The van der Waals surface area contributed by atoms with Gasteiger partial charge < -0.3 is 43.7 Å². The van der Waals surface area contributed by atoms with Crippen LogP contribution in [0.15, 0.2) is 59.8 Å². The lowest BCUT2D eigenvalue weighted by atomic mass is 9.78. The van der Waals surface area contributed by atoms with Crippen LogP contribution in [-0.4, -0.2) is 142 Å². The van der Waals surface area contributed by atoms with Crippen LogP contribution < -0.4 is 9.80 Å². The molecule has 6 atom stereocenters. The summed E-state index contributed by atoms with van der Waals surface area (Å²) < 4.78 is 36.4. The summed E-state index contributed by atoms with van der Waals surface area (Å²) in [4.78, 5) is 24.5. The van der Waals surface area contributed by atoms with Gasteiger partial charge in [-0.1, -0.05) is 116 Å². The number of anilines is 2. The predicted octanol–water partition coefficient (Wildman–Crippen LogP) is 17.3. The molecule has 2 unspecified atom stereocenters. The Kier molecular flexibility index (Phi) is 24.7. The normalized spacial score (nSPS) is 20.4. The summed E-state index contributed by atoms with van der Waals surface area (Å²) in [5, 5.41) is 31.0. The third kappa shape index (κ3) is 20.2. The molecule has 0 saturated heterocycles. The molecule has 94 heavy (non-hydrogen) atoms. The maximum atomic E-state index is 10.6. The van der Waals surface area contributed by atoms with Gasteiger partial charge in [0.05, 0.1) is 52.5 Å². The van der Waals surface area contributed by atoms with E-state index < -0.39 is 43.5 Å². The molecule has 4 aliphatic carbocycles. The first kappa shape index (κ1) is 74.0. The molecule has 6 aromatic heterocycles. The van der Waals surface area contributed by atoms with Crippen molar-refractivity contribution < 1.29 is 33.9 Å². The minimum Gasteiger partial charge on any atom is -0.501 e. The lowest BCUT2D eigenvalue weighted by Gasteiger charge is -2.32. The first-order chi connectivity index (χ1) is 44.2. The largest absolute Gasteiger partial charge is 0.501 e. The molecule has 2 N–H and O–H groups in total. The Labute approximate surface area is 575 Å². The second kappa shape index (κ2) is 31.3. The fourth-order valence-corrected chi connectivity index (χ4v) is 17.6. The number of nitrogens with zero attached hydrogens (tertiary/aromatic N) is 10. The van der Waals surface area contributed by atoms with Gasteiger partial charge in [-0.3, -0.25) is 9.97 Å². The fraction of sp³-hybridized carbons (Fsp3) is 0.667. The third-order valence-corrected chi connectivity index (χ3v) is 26.9. The van der Waals surface area contributed by atoms with Crippen LogP contribution in [0.3, 0.4) is 0 Å². The Hall–Kier alpha value is -4.21. The van der Waals surface area contributed by atoms with Gasteiger partial charge in [0.1, 0.15) is 43.9 Å². The number of hydrogen-bond donors (Lipinski definition) is 2. The second-order valence-electron chi connectivity index (χ2n) is 33.6. The van der Waals surface area contributed by atoms with E-state index in [9.17, 15) is 10.2 Å². The first-order valence-electron chi connectivity index (χ1n) is 35.2. The van der Waals surface area contributed by atoms with Crippen LogP contribution in [0.2, 0.25) is 103 Å². The lowest BCUT2D eigenvalue weighted by molar-refractivity contribution is 0.0733. The van der Waals surface area contributed by atoms with Gasteiger partial charge in [0, 0.05) is 111 Å². The molecule has 6 aromatic rings. The van der Waals surface area contributed by atoms with Gasteiger partial charge in [0.15, 0.2) is 17.1 Å². The number of hydrogen-bond acceptors (Lipinski definition) is 15. The van der Waals surface area contributed by atoms with E-state index in [1.165, 1.54) is 51.4 Å². The van der Waals surface area contributed by atoms with E-state index in [1.54, 1.807) is 27.7 Å². The molecule has 4 saturated carbocycles. The molecule has 4 fully saturated rings. The average molecular weight is 1430 g/mol. The summed E-state index contributed by atoms with van der Waals surface area (Å²) in [6.45, 7) is 42.7. The Balaban J connectivity index is 0.000000222. The van der Waals surface area contributed by atoms with Crippen molar-refractivity contribution in [3.8, 4) is 22.3 Å². The average Bonchev–Trinajstić information content (AvgIpc) is 1.51. The van der Waals surface area contributed by atoms with Crippen LogP contribution >= 0.6 is 15.9 Å². The minimum absolute atomic E-state index is 0.345. The van der Waals surface area contributed by atoms with E-state index in [2.05, 4.69) is 120 Å². The monoisotopic (exact) mass is 1420 g/mol. The summed E-state index contributed by atoms with van der Waals surface area (Å²) in [6, 6.07) is 12.2. The number of pyridine rings is 2. The number of halogens is 1. The number of aromatic nitrogens is 8. The summed E-state index contributed by atoms with van der Waals surface area (Å²) in [5.74, 6) is 5.67. The van der Waals surface area contributed by atoms with E-state index >= 15 is 0 Å². The van der Waals surface area contributed by atoms with Crippen molar-refractivity contribution in [3.05, 3.63) is 88.1 Å². The van der Waals surface area contributed by atoms with E-state index in [0.29, 0.717) is 70.0 Å². The maximum Gasteiger partial charge on any atom is 0.165 e. The summed E-state index contributed by atoms with van der Waals surface area (Å²) in [6.07, 6.45) is 24.0. The Morgan fingerprint density at radius 2 is 0.883 bits per heavy atom. The molecule has 6 heterocycles. The van der Waals surface area contributed by atoms with Crippen LogP contribution in [0.5, 0.6) is 0 Å². The van der Waals surface area contributed by atoms with Crippen molar-refractivity contribution in [1.29, 1.82) is 0 Å². The highest BCUT2D eigenvalue weighted by Gasteiger charge is 2.40. The Bertz CT molecular complexity index is 3390. The molecule has 0 spiro atoms. The van der Waals surface area contributed by atoms with Crippen molar-refractivity contribution >= 4 is 77.2 Å². The highest BCUT2D eigenvalue weighted by Crippen LogP contribution is 2.52. The smallest absolute Gasteiger partial charge is 0.165 e. The van der Waals surface area contributed by atoms with Crippen LogP contribution in [0.25, 0.3) is 39.6 Å². The van der Waals surface area contributed by atoms with E-state index in [4.69, 9.17) is 43.8 Å². The van der Waals surface area contributed by atoms with E-state index in [0.717, 1.165) is 141 Å². The molecule has 0 radical (unpaired) electrons. The summed E-state index contributed by atoms with van der Waals surface area (Å²) in [5.41, 5.74) is 7.77. The van der Waals surface area contributed by atoms with Gasteiger partial charge >= 0.3 is 0 Å². The van der Waals surface area contributed by atoms with Crippen molar-refractivity contribution in [1.82, 2.24) is 39.2 Å². The molecule has 518 valence electrons. The quantitative estimate of drug-likeness (QED) is 0.0182. The SMILES string of the molecule is CC(C)(O)c1ccc(-c2cnn3c(N(COCC[Si](C)(C)C)COCC[Si](C)(C)C)c(Br)c(C4C[C@H]5CC[C@@H](C4)C5)nc23)cn1.CCO/C=C\c1c(C2C[C@H]3CC[C@@H](C2)C3)nc2c(-c3ccc(C(C)(C)O)nc3)cnn2c1N(COCC[Si](C)(C)C)COCC[Si](C)(C)C. The summed E-state index contributed by atoms with van der Waals surface area (Å²) in [7, 11) is -5.01. The molecule has 4 bridgehead atoms. The maximum absolute atomic E-state index is 10.6. The van der Waals surface area contributed by atoms with Crippen LogP contribution in [0.4, 0.5) is 11.6 Å².